The fourth-order valence-electron chi connectivity index (χ4n) is 2.80. The summed E-state index contributed by atoms with van der Waals surface area (Å²) in [6, 6.07) is 5.33. The van der Waals surface area contributed by atoms with Crippen LogP contribution in [0.2, 0.25) is 0 Å². The minimum absolute atomic E-state index is 0.103. The van der Waals surface area contributed by atoms with Crippen LogP contribution in [0.15, 0.2) is 24.3 Å². The molecule has 1 aromatic rings. The molecule has 0 saturated carbocycles. The number of nitrogens with one attached hydrogen (secondary N) is 2. The third kappa shape index (κ3) is 6.15. The molecule has 1 aliphatic heterocycles. The number of amides is 2. The summed E-state index contributed by atoms with van der Waals surface area (Å²) in [7, 11) is 2.13. The molecule has 23 heavy (non-hydrogen) atoms. The Morgan fingerprint density at radius 1 is 1.30 bits per heavy atom. The number of rotatable bonds is 6. The molecule has 128 valence electrons. The second kappa shape index (κ2) is 8.84. The Balaban J connectivity index is 1.60. The number of nitrogens with zero attached hydrogens (tertiary/aromatic N) is 1. The van der Waals surface area contributed by atoms with Crippen LogP contribution in [0.4, 0.5) is 9.18 Å². The minimum atomic E-state index is -0.838. The Kier molecular flexibility index (Phi) is 6.80. The van der Waals surface area contributed by atoms with Crippen LogP contribution in [0.25, 0.3) is 0 Å². The molecule has 0 aromatic heterocycles. The van der Waals surface area contributed by atoms with Crippen molar-refractivity contribution in [2.75, 3.05) is 33.2 Å². The van der Waals surface area contributed by atoms with Gasteiger partial charge in [-0.05, 0) is 63.0 Å². The molecule has 0 aliphatic carbocycles. The molecular formula is C17H26FN3O2. The van der Waals surface area contributed by atoms with Crippen LogP contribution >= 0.6 is 0 Å². The first-order chi connectivity index (χ1) is 11.0. The van der Waals surface area contributed by atoms with E-state index in [1.54, 1.807) is 0 Å². The van der Waals surface area contributed by atoms with Gasteiger partial charge in [0.05, 0.1) is 6.10 Å². The number of carbonyl (C=O) groups excluding carboxylic acids is 1. The van der Waals surface area contributed by atoms with E-state index < -0.39 is 6.10 Å². The molecule has 1 fully saturated rings. The Bertz CT molecular complexity index is 487. The molecule has 1 heterocycles. The lowest BCUT2D eigenvalue weighted by Crippen LogP contribution is -2.39. The van der Waals surface area contributed by atoms with Crippen LogP contribution in [-0.4, -0.2) is 49.3 Å². The van der Waals surface area contributed by atoms with E-state index in [9.17, 15) is 14.3 Å². The van der Waals surface area contributed by atoms with Crippen molar-refractivity contribution in [3.05, 3.63) is 35.6 Å². The summed E-state index contributed by atoms with van der Waals surface area (Å²) in [5.41, 5.74) is 0.582. The van der Waals surface area contributed by atoms with Crippen LogP contribution in [0.5, 0.6) is 0 Å². The molecule has 1 unspecified atom stereocenters. The Morgan fingerprint density at radius 2 is 1.96 bits per heavy atom. The first kappa shape index (κ1) is 17.7. The molecule has 1 atom stereocenters. The van der Waals surface area contributed by atoms with E-state index in [4.69, 9.17) is 0 Å². The van der Waals surface area contributed by atoms with Crippen molar-refractivity contribution in [1.82, 2.24) is 15.5 Å². The highest BCUT2D eigenvalue weighted by Crippen LogP contribution is 2.18. The topological polar surface area (TPSA) is 64.6 Å². The van der Waals surface area contributed by atoms with Crippen molar-refractivity contribution in [3.8, 4) is 0 Å². The maximum atomic E-state index is 12.8. The Labute approximate surface area is 136 Å². The minimum Gasteiger partial charge on any atom is -0.387 e. The van der Waals surface area contributed by atoms with Gasteiger partial charge in [-0.2, -0.15) is 0 Å². The van der Waals surface area contributed by atoms with Gasteiger partial charge in [-0.15, -0.1) is 0 Å². The van der Waals surface area contributed by atoms with Crippen LogP contribution in [-0.2, 0) is 0 Å². The zero-order chi connectivity index (χ0) is 16.7. The van der Waals surface area contributed by atoms with Gasteiger partial charge in [0.2, 0.25) is 0 Å². The molecule has 1 aliphatic rings. The Hall–Kier alpha value is -1.66. The van der Waals surface area contributed by atoms with Gasteiger partial charge < -0.3 is 20.6 Å². The van der Waals surface area contributed by atoms with Crippen LogP contribution in [0.3, 0.4) is 0 Å². The highest BCUT2D eigenvalue weighted by Gasteiger charge is 2.16. The highest BCUT2D eigenvalue weighted by molar-refractivity contribution is 5.73. The van der Waals surface area contributed by atoms with E-state index in [0.717, 1.165) is 19.5 Å². The van der Waals surface area contributed by atoms with Gasteiger partial charge in [-0.3, -0.25) is 0 Å². The fourth-order valence-corrected chi connectivity index (χ4v) is 2.80. The van der Waals surface area contributed by atoms with Crippen molar-refractivity contribution in [2.45, 2.75) is 25.4 Å². The number of carbonyl (C=O) groups is 1. The molecule has 1 aromatic carbocycles. The predicted molar refractivity (Wildman–Crippen MR) is 87.6 cm³/mol. The fraction of sp³-hybridized carbons (Fsp3) is 0.588. The van der Waals surface area contributed by atoms with Gasteiger partial charge in [0.25, 0.3) is 0 Å². The zero-order valence-corrected chi connectivity index (χ0v) is 13.6. The second-order valence-electron chi connectivity index (χ2n) is 6.24. The van der Waals surface area contributed by atoms with Gasteiger partial charge in [0.15, 0.2) is 0 Å². The number of aliphatic hydroxyl groups excluding tert-OH is 1. The highest BCUT2D eigenvalue weighted by atomic mass is 19.1. The van der Waals surface area contributed by atoms with Gasteiger partial charge >= 0.3 is 6.03 Å². The third-order valence-corrected chi connectivity index (χ3v) is 4.39. The van der Waals surface area contributed by atoms with Crippen molar-refractivity contribution < 1.29 is 14.3 Å². The number of aliphatic hydroxyl groups is 1. The summed E-state index contributed by atoms with van der Waals surface area (Å²) >= 11 is 0. The van der Waals surface area contributed by atoms with Crippen LogP contribution in [0.1, 0.15) is 30.9 Å². The van der Waals surface area contributed by atoms with Gasteiger partial charge in [0.1, 0.15) is 5.82 Å². The molecule has 2 rings (SSSR count). The zero-order valence-electron chi connectivity index (χ0n) is 13.6. The average molecular weight is 323 g/mol. The molecule has 0 spiro atoms. The van der Waals surface area contributed by atoms with E-state index in [-0.39, 0.29) is 18.4 Å². The summed E-state index contributed by atoms with van der Waals surface area (Å²) in [5.74, 6) is 0.330. The normalized spacial score (nSPS) is 17.7. The first-order valence-corrected chi connectivity index (χ1v) is 8.18. The summed E-state index contributed by atoms with van der Waals surface area (Å²) < 4.78 is 12.8. The molecule has 6 heteroatoms. The molecule has 5 nitrogen and oxygen atoms in total. The summed E-state index contributed by atoms with van der Waals surface area (Å²) in [4.78, 5) is 14.1. The van der Waals surface area contributed by atoms with E-state index in [1.165, 1.54) is 37.1 Å². The van der Waals surface area contributed by atoms with Crippen LogP contribution in [0, 0.1) is 11.7 Å². The van der Waals surface area contributed by atoms with Crippen LogP contribution < -0.4 is 10.6 Å². The predicted octanol–water partition coefficient (Wildman–Crippen LogP) is 1.89. The summed E-state index contributed by atoms with van der Waals surface area (Å²) in [6.45, 7) is 3.00. The average Bonchev–Trinajstić information content (AvgIpc) is 2.55. The van der Waals surface area contributed by atoms with Gasteiger partial charge in [0, 0.05) is 13.1 Å². The van der Waals surface area contributed by atoms with Crippen molar-refractivity contribution in [2.24, 2.45) is 5.92 Å². The van der Waals surface area contributed by atoms with E-state index >= 15 is 0 Å². The quantitative estimate of drug-likeness (QED) is 0.749. The third-order valence-electron chi connectivity index (χ3n) is 4.39. The number of hydrogen-bond donors (Lipinski definition) is 3. The van der Waals surface area contributed by atoms with Crippen molar-refractivity contribution >= 4 is 6.03 Å². The number of likely N-dealkylation sites (tertiary alicyclic amines) is 1. The molecular weight excluding hydrogens is 297 g/mol. The smallest absolute Gasteiger partial charge is 0.314 e. The molecule has 2 amide bonds. The SMILES string of the molecule is CN1CCC(CCNC(=O)NCC(O)c2ccc(F)cc2)CC1. The standard InChI is InChI=1S/C17H26FN3O2/c1-21-10-7-13(8-11-21)6-9-19-17(23)20-12-16(22)14-2-4-15(18)5-3-14/h2-5,13,16,22H,6-12H2,1H3,(H2,19,20,23). The van der Waals surface area contributed by atoms with Crippen molar-refractivity contribution in [1.29, 1.82) is 0 Å². The molecule has 0 bridgehead atoms. The number of piperidine rings is 1. The molecule has 1 saturated heterocycles. The summed E-state index contributed by atoms with van der Waals surface area (Å²) in [5, 5.41) is 15.4. The largest absolute Gasteiger partial charge is 0.387 e. The molecule has 3 N–H and O–H groups in total. The van der Waals surface area contributed by atoms with E-state index in [1.807, 2.05) is 0 Å². The maximum absolute atomic E-state index is 12.8. The number of urea groups is 1. The monoisotopic (exact) mass is 323 g/mol. The van der Waals surface area contributed by atoms with Gasteiger partial charge in [-0.1, -0.05) is 12.1 Å². The lowest BCUT2D eigenvalue weighted by molar-refractivity contribution is 0.172. The lowest BCUT2D eigenvalue weighted by atomic mass is 9.94. The van der Waals surface area contributed by atoms with E-state index in [2.05, 4.69) is 22.6 Å². The van der Waals surface area contributed by atoms with Crippen molar-refractivity contribution in [3.63, 3.8) is 0 Å². The van der Waals surface area contributed by atoms with Gasteiger partial charge in [-0.25, -0.2) is 9.18 Å². The number of halogens is 1. The first-order valence-electron chi connectivity index (χ1n) is 8.18. The maximum Gasteiger partial charge on any atom is 0.314 e. The van der Waals surface area contributed by atoms with E-state index in [0.29, 0.717) is 18.0 Å². The Morgan fingerprint density at radius 3 is 2.61 bits per heavy atom. The summed E-state index contributed by atoms with van der Waals surface area (Å²) in [6.07, 6.45) is 2.52. The number of hydrogen-bond acceptors (Lipinski definition) is 3. The number of benzene rings is 1. The lowest BCUT2D eigenvalue weighted by Gasteiger charge is -2.28. The molecule has 0 radical (unpaired) electrons. The second-order valence-corrected chi connectivity index (χ2v) is 6.24.